The monoisotopic (exact) mass is 452 g/mol. The molecule has 0 aromatic heterocycles. The molecule has 0 radical (unpaired) electrons. The van der Waals surface area contributed by atoms with Crippen molar-refractivity contribution in [2.24, 2.45) is 0 Å². The zero-order chi connectivity index (χ0) is 23.7. The van der Waals surface area contributed by atoms with E-state index < -0.39 is 6.10 Å². The SMILES string of the molecule is C=CCCCCCCCCCC(=O)OCC(O)COC(=O)CCCCCCCCCC=C. The van der Waals surface area contributed by atoms with Crippen molar-refractivity contribution >= 4 is 11.9 Å². The Hall–Kier alpha value is -1.62. The largest absolute Gasteiger partial charge is 0.463 e. The first-order chi connectivity index (χ1) is 15.6. The van der Waals surface area contributed by atoms with E-state index in [9.17, 15) is 14.7 Å². The second kappa shape index (κ2) is 24.0. The van der Waals surface area contributed by atoms with Gasteiger partial charge in [-0.3, -0.25) is 9.59 Å². The number of rotatable bonds is 24. The van der Waals surface area contributed by atoms with Crippen LogP contribution in [0.1, 0.15) is 116 Å². The Morgan fingerprint density at radius 3 is 1.25 bits per heavy atom. The predicted molar refractivity (Wildman–Crippen MR) is 131 cm³/mol. The lowest BCUT2D eigenvalue weighted by atomic mass is 10.1. The summed E-state index contributed by atoms with van der Waals surface area (Å²) in [6, 6.07) is 0. The van der Waals surface area contributed by atoms with Gasteiger partial charge in [0.1, 0.15) is 19.3 Å². The Morgan fingerprint density at radius 1 is 0.594 bits per heavy atom. The molecule has 0 saturated carbocycles. The highest BCUT2D eigenvalue weighted by atomic mass is 16.6. The fraction of sp³-hybridized carbons (Fsp3) is 0.778. The second-order valence-electron chi connectivity index (χ2n) is 8.62. The number of ether oxygens (including phenoxy) is 2. The molecule has 0 atom stereocenters. The fourth-order valence-electron chi connectivity index (χ4n) is 3.45. The van der Waals surface area contributed by atoms with Crippen molar-refractivity contribution in [1.82, 2.24) is 0 Å². The van der Waals surface area contributed by atoms with Crippen LogP contribution in [0, 0.1) is 0 Å². The summed E-state index contributed by atoms with van der Waals surface area (Å²) in [4.78, 5) is 23.5. The van der Waals surface area contributed by atoms with E-state index >= 15 is 0 Å². The van der Waals surface area contributed by atoms with E-state index in [1.807, 2.05) is 12.2 Å². The van der Waals surface area contributed by atoms with Crippen LogP contribution in [0.4, 0.5) is 0 Å². The molecule has 0 aliphatic heterocycles. The number of aliphatic hydroxyl groups excluding tert-OH is 1. The number of carbonyl (C=O) groups excluding carboxylic acids is 2. The molecule has 5 nitrogen and oxygen atoms in total. The fourth-order valence-corrected chi connectivity index (χ4v) is 3.45. The molecule has 1 N–H and O–H groups in total. The van der Waals surface area contributed by atoms with Crippen LogP contribution in [0.25, 0.3) is 0 Å². The Kier molecular flexibility index (Phi) is 22.8. The van der Waals surface area contributed by atoms with E-state index in [2.05, 4.69) is 13.2 Å². The van der Waals surface area contributed by atoms with Gasteiger partial charge >= 0.3 is 11.9 Å². The molecule has 5 heteroatoms. The summed E-state index contributed by atoms with van der Waals surface area (Å²) < 4.78 is 10.1. The van der Waals surface area contributed by atoms with E-state index in [4.69, 9.17) is 9.47 Å². The zero-order valence-corrected chi connectivity index (χ0v) is 20.4. The van der Waals surface area contributed by atoms with Gasteiger partial charge in [-0.2, -0.15) is 0 Å². The van der Waals surface area contributed by atoms with Crippen molar-refractivity contribution < 1.29 is 24.2 Å². The number of carbonyl (C=O) groups is 2. The summed E-state index contributed by atoms with van der Waals surface area (Å²) >= 11 is 0. The highest BCUT2D eigenvalue weighted by Crippen LogP contribution is 2.11. The molecule has 0 amide bonds. The summed E-state index contributed by atoms with van der Waals surface area (Å²) in [5.41, 5.74) is 0. The third-order valence-electron chi connectivity index (χ3n) is 5.45. The second-order valence-corrected chi connectivity index (χ2v) is 8.62. The predicted octanol–water partition coefficient (Wildman–Crippen LogP) is 6.83. The van der Waals surface area contributed by atoms with Crippen molar-refractivity contribution in [2.45, 2.75) is 122 Å². The first-order valence-electron chi connectivity index (χ1n) is 12.8. The van der Waals surface area contributed by atoms with Crippen molar-refractivity contribution in [1.29, 1.82) is 0 Å². The third kappa shape index (κ3) is 23.1. The molecule has 0 saturated heterocycles. The standard InChI is InChI=1S/C27H48O5/c1-3-5-7-9-11-13-15-17-19-21-26(29)31-23-25(28)24-32-27(30)22-20-18-16-14-12-10-8-6-4-2/h3-4,25,28H,1-2,5-24H2. The van der Waals surface area contributed by atoms with Crippen molar-refractivity contribution in [3.8, 4) is 0 Å². The maximum atomic E-state index is 11.7. The number of hydrogen-bond acceptors (Lipinski definition) is 5. The summed E-state index contributed by atoms with van der Waals surface area (Å²) in [5.74, 6) is -0.600. The molecule has 0 heterocycles. The topological polar surface area (TPSA) is 72.8 Å². The van der Waals surface area contributed by atoms with Gasteiger partial charge in [0.25, 0.3) is 0 Å². The van der Waals surface area contributed by atoms with Gasteiger partial charge in [0.2, 0.25) is 0 Å². The molecular weight excluding hydrogens is 404 g/mol. The van der Waals surface area contributed by atoms with Crippen molar-refractivity contribution in [2.75, 3.05) is 13.2 Å². The van der Waals surface area contributed by atoms with Crippen LogP contribution in [0.2, 0.25) is 0 Å². The summed E-state index contributed by atoms with van der Waals surface area (Å²) in [7, 11) is 0. The number of aliphatic hydroxyl groups is 1. The highest BCUT2D eigenvalue weighted by Gasteiger charge is 2.12. The quantitative estimate of drug-likeness (QED) is 0.0987. The van der Waals surface area contributed by atoms with Gasteiger partial charge in [-0.15, -0.1) is 13.2 Å². The van der Waals surface area contributed by atoms with E-state index in [1.165, 1.54) is 51.4 Å². The summed E-state index contributed by atoms with van der Waals surface area (Å²) in [6.45, 7) is 7.20. The molecule has 0 unspecified atom stereocenters. The summed E-state index contributed by atoms with van der Waals surface area (Å²) in [6.07, 6.45) is 21.6. The normalized spacial score (nSPS) is 10.8. The van der Waals surface area contributed by atoms with Gasteiger partial charge < -0.3 is 14.6 Å². The minimum absolute atomic E-state index is 0.124. The minimum Gasteiger partial charge on any atom is -0.463 e. The number of unbranched alkanes of at least 4 members (excludes halogenated alkanes) is 14. The van der Waals surface area contributed by atoms with E-state index in [1.54, 1.807) is 0 Å². The van der Waals surface area contributed by atoms with E-state index in [-0.39, 0.29) is 25.2 Å². The Labute approximate surface area is 196 Å². The van der Waals surface area contributed by atoms with Gasteiger partial charge in [0.15, 0.2) is 0 Å². The first kappa shape index (κ1) is 30.4. The van der Waals surface area contributed by atoms with E-state index in [0.29, 0.717) is 12.8 Å². The lowest BCUT2D eigenvalue weighted by Crippen LogP contribution is -2.25. The molecule has 32 heavy (non-hydrogen) atoms. The van der Waals surface area contributed by atoms with Gasteiger partial charge in [-0.1, -0.05) is 76.4 Å². The lowest BCUT2D eigenvalue weighted by molar-refractivity contribution is -0.152. The van der Waals surface area contributed by atoms with Crippen molar-refractivity contribution in [3.63, 3.8) is 0 Å². The molecule has 0 aromatic carbocycles. The Morgan fingerprint density at radius 2 is 0.906 bits per heavy atom. The Balaban J connectivity index is 3.46. The van der Waals surface area contributed by atoms with Crippen LogP contribution in [-0.2, 0) is 19.1 Å². The van der Waals surface area contributed by atoms with Crippen LogP contribution in [0.5, 0.6) is 0 Å². The van der Waals surface area contributed by atoms with Crippen molar-refractivity contribution in [3.05, 3.63) is 25.3 Å². The third-order valence-corrected chi connectivity index (χ3v) is 5.45. The molecule has 0 aromatic rings. The maximum absolute atomic E-state index is 11.7. The molecule has 0 fully saturated rings. The lowest BCUT2D eigenvalue weighted by Gasteiger charge is -2.12. The molecule has 0 aliphatic carbocycles. The van der Waals surface area contributed by atoms with Gasteiger partial charge in [0.05, 0.1) is 0 Å². The van der Waals surface area contributed by atoms with Crippen LogP contribution >= 0.6 is 0 Å². The molecule has 0 rings (SSSR count). The molecule has 0 spiro atoms. The molecule has 186 valence electrons. The molecule has 0 aliphatic rings. The summed E-state index contributed by atoms with van der Waals surface area (Å²) in [5, 5.41) is 9.84. The van der Waals surface area contributed by atoms with Gasteiger partial charge in [0, 0.05) is 12.8 Å². The average molecular weight is 453 g/mol. The molecule has 0 bridgehead atoms. The highest BCUT2D eigenvalue weighted by molar-refractivity contribution is 5.69. The molecular formula is C27H48O5. The average Bonchev–Trinajstić information content (AvgIpc) is 2.79. The van der Waals surface area contributed by atoms with E-state index in [0.717, 1.165) is 51.4 Å². The van der Waals surface area contributed by atoms with Crippen LogP contribution < -0.4 is 0 Å². The zero-order valence-electron chi connectivity index (χ0n) is 20.4. The van der Waals surface area contributed by atoms with Gasteiger partial charge in [-0.25, -0.2) is 0 Å². The van der Waals surface area contributed by atoms with Crippen LogP contribution in [0.15, 0.2) is 25.3 Å². The number of allylic oxidation sites excluding steroid dienone is 2. The smallest absolute Gasteiger partial charge is 0.305 e. The Bertz CT molecular complexity index is 433. The maximum Gasteiger partial charge on any atom is 0.305 e. The van der Waals surface area contributed by atoms with Crippen LogP contribution in [0.3, 0.4) is 0 Å². The van der Waals surface area contributed by atoms with Crippen LogP contribution in [-0.4, -0.2) is 36.4 Å². The minimum atomic E-state index is -0.964. The number of hydrogen-bond donors (Lipinski definition) is 1. The van der Waals surface area contributed by atoms with Gasteiger partial charge in [-0.05, 0) is 38.5 Å². The number of esters is 2. The first-order valence-corrected chi connectivity index (χ1v) is 12.8.